The predicted octanol–water partition coefficient (Wildman–Crippen LogP) is 2.27. The summed E-state index contributed by atoms with van der Waals surface area (Å²) in [4.78, 5) is 22.4. The Morgan fingerprint density at radius 3 is 3.19 bits per heavy atom. The molecule has 0 N–H and O–H groups in total. The fourth-order valence-electron chi connectivity index (χ4n) is 2.81. The van der Waals surface area contributed by atoms with Crippen molar-refractivity contribution in [1.29, 1.82) is 0 Å². The number of carbonyl (C=O) groups is 1. The van der Waals surface area contributed by atoms with Crippen molar-refractivity contribution in [2.75, 3.05) is 13.6 Å². The molecule has 1 aliphatic heterocycles. The number of fused-ring (bicyclic) bond motifs is 1. The Morgan fingerprint density at radius 1 is 1.52 bits per heavy atom. The minimum Gasteiger partial charge on any atom is -0.341 e. The summed E-state index contributed by atoms with van der Waals surface area (Å²) in [5.41, 5.74) is 0.508. The van der Waals surface area contributed by atoms with Gasteiger partial charge in [-0.3, -0.25) is 9.78 Å². The zero-order chi connectivity index (χ0) is 14.8. The van der Waals surface area contributed by atoms with Crippen molar-refractivity contribution in [3.05, 3.63) is 47.3 Å². The molecule has 21 heavy (non-hydrogen) atoms. The quantitative estimate of drug-likeness (QED) is 0.874. The topological polar surface area (TPSA) is 51.0 Å². The molecule has 2 aromatic rings. The number of aromatic nitrogens is 3. The van der Waals surface area contributed by atoms with Crippen molar-refractivity contribution < 1.29 is 4.79 Å². The molecule has 0 radical (unpaired) electrons. The van der Waals surface area contributed by atoms with Crippen LogP contribution >= 0.6 is 11.6 Å². The van der Waals surface area contributed by atoms with Gasteiger partial charge in [-0.25, -0.2) is 4.98 Å². The van der Waals surface area contributed by atoms with E-state index in [0.717, 1.165) is 31.8 Å². The third-order valence-corrected chi connectivity index (χ3v) is 4.22. The molecule has 110 valence electrons. The first-order valence-corrected chi connectivity index (χ1v) is 7.38. The zero-order valence-corrected chi connectivity index (χ0v) is 12.6. The molecular weight excluding hydrogens is 288 g/mol. The highest BCUT2D eigenvalue weighted by molar-refractivity contribution is 6.33. The van der Waals surface area contributed by atoms with Crippen molar-refractivity contribution >= 4 is 17.5 Å². The third-order valence-electron chi connectivity index (χ3n) is 3.91. The summed E-state index contributed by atoms with van der Waals surface area (Å²) in [5.74, 6) is 1.53. The van der Waals surface area contributed by atoms with Gasteiger partial charge in [0.05, 0.1) is 10.6 Å². The molecule has 1 aliphatic rings. The van der Waals surface area contributed by atoms with Crippen molar-refractivity contribution in [3.63, 3.8) is 0 Å². The van der Waals surface area contributed by atoms with Crippen LogP contribution in [0.5, 0.6) is 0 Å². The lowest BCUT2D eigenvalue weighted by Crippen LogP contribution is -2.35. The van der Waals surface area contributed by atoms with Gasteiger partial charge in [-0.2, -0.15) is 0 Å². The number of amides is 1. The minimum absolute atomic E-state index is 0.0566. The predicted molar refractivity (Wildman–Crippen MR) is 80.2 cm³/mol. The number of imidazole rings is 1. The summed E-state index contributed by atoms with van der Waals surface area (Å²) in [6.45, 7) is 1.63. The van der Waals surface area contributed by atoms with Crippen molar-refractivity contribution in [2.24, 2.45) is 5.92 Å². The van der Waals surface area contributed by atoms with E-state index in [4.69, 9.17) is 11.6 Å². The number of aryl methyl sites for hydroxylation is 1. The van der Waals surface area contributed by atoms with E-state index in [9.17, 15) is 4.79 Å². The fourth-order valence-corrected chi connectivity index (χ4v) is 3.01. The number of pyridine rings is 1. The minimum atomic E-state index is -0.0566. The zero-order valence-electron chi connectivity index (χ0n) is 11.9. The summed E-state index contributed by atoms with van der Waals surface area (Å²) < 4.78 is 2.17. The Hall–Kier alpha value is -1.88. The smallest absolute Gasteiger partial charge is 0.255 e. The maximum atomic E-state index is 12.4. The van der Waals surface area contributed by atoms with Gasteiger partial charge in [-0.15, -0.1) is 0 Å². The number of carbonyl (C=O) groups excluding carboxylic acids is 1. The molecule has 6 heteroatoms. The largest absolute Gasteiger partial charge is 0.341 e. The molecule has 1 atom stereocenters. The Kier molecular flexibility index (Phi) is 3.92. The third kappa shape index (κ3) is 2.93. The number of hydrogen-bond acceptors (Lipinski definition) is 3. The Balaban J connectivity index is 1.66. The average Bonchev–Trinajstić information content (AvgIpc) is 2.94. The van der Waals surface area contributed by atoms with E-state index in [1.807, 2.05) is 19.4 Å². The van der Waals surface area contributed by atoms with Gasteiger partial charge >= 0.3 is 0 Å². The molecule has 0 aliphatic carbocycles. The number of nitrogens with zero attached hydrogens (tertiary/aromatic N) is 4. The van der Waals surface area contributed by atoms with Gasteiger partial charge in [-0.05, 0) is 18.4 Å². The van der Waals surface area contributed by atoms with E-state index >= 15 is 0 Å². The van der Waals surface area contributed by atoms with Crippen LogP contribution in [0, 0.1) is 5.92 Å². The summed E-state index contributed by atoms with van der Waals surface area (Å²) in [6.07, 6.45) is 8.95. The van der Waals surface area contributed by atoms with Crippen LogP contribution in [-0.2, 0) is 13.0 Å². The second-order valence-corrected chi connectivity index (χ2v) is 5.85. The second kappa shape index (κ2) is 5.85. The average molecular weight is 305 g/mol. The second-order valence-electron chi connectivity index (χ2n) is 5.44. The molecular formula is C15H17ClN4O. The molecule has 0 saturated heterocycles. The molecule has 3 heterocycles. The molecule has 5 nitrogen and oxygen atoms in total. The monoisotopic (exact) mass is 304 g/mol. The normalized spacial score (nSPS) is 17.3. The van der Waals surface area contributed by atoms with Crippen molar-refractivity contribution in [1.82, 2.24) is 19.4 Å². The maximum absolute atomic E-state index is 12.4. The van der Waals surface area contributed by atoms with Gasteiger partial charge in [0, 0.05) is 51.3 Å². The van der Waals surface area contributed by atoms with Gasteiger partial charge < -0.3 is 9.47 Å². The molecule has 0 aromatic carbocycles. The van der Waals surface area contributed by atoms with Crippen LogP contribution in [0.4, 0.5) is 0 Å². The fraction of sp³-hybridized carbons (Fsp3) is 0.400. The van der Waals surface area contributed by atoms with E-state index in [-0.39, 0.29) is 5.91 Å². The lowest BCUT2D eigenvalue weighted by molar-refractivity contribution is 0.0760. The highest BCUT2D eigenvalue weighted by atomic mass is 35.5. The van der Waals surface area contributed by atoms with Crippen LogP contribution in [0.2, 0.25) is 5.02 Å². The Morgan fingerprint density at radius 2 is 2.38 bits per heavy atom. The first kappa shape index (κ1) is 14.1. The van der Waals surface area contributed by atoms with Crippen LogP contribution in [0.15, 0.2) is 30.9 Å². The summed E-state index contributed by atoms with van der Waals surface area (Å²) >= 11 is 6.04. The molecule has 0 fully saturated rings. The van der Waals surface area contributed by atoms with E-state index < -0.39 is 0 Å². The van der Waals surface area contributed by atoms with Gasteiger partial charge in [0.1, 0.15) is 5.82 Å². The van der Waals surface area contributed by atoms with Crippen LogP contribution in [0.3, 0.4) is 0 Å². The van der Waals surface area contributed by atoms with E-state index in [1.165, 1.54) is 6.20 Å². The van der Waals surface area contributed by atoms with Gasteiger partial charge in [0.25, 0.3) is 5.91 Å². The first-order chi connectivity index (χ1) is 10.1. The molecule has 3 rings (SSSR count). The lowest BCUT2D eigenvalue weighted by atomic mass is 9.98. The highest BCUT2D eigenvalue weighted by Crippen LogP contribution is 2.21. The Labute approximate surface area is 128 Å². The van der Waals surface area contributed by atoms with Crippen molar-refractivity contribution in [3.8, 4) is 0 Å². The van der Waals surface area contributed by atoms with Gasteiger partial charge in [-0.1, -0.05) is 11.6 Å². The molecule has 0 bridgehead atoms. The van der Waals surface area contributed by atoms with E-state index in [1.54, 1.807) is 17.2 Å². The molecule has 2 aromatic heterocycles. The van der Waals surface area contributed by atoms with Crippen LogP contribution < -0.4 is 0 Å². The number of halogens is 1. The van der Waals surface area contributed by atoms with Crippen LogP contribution in [0.1, 0.15) is 22.6 Å². The first-order valence-electron chi connectivity index (χ1n) is 7.00. The molecule has 0 saturated carbocycles. The maximum Gasteiger partial charge on any atom is 0.255 e. The summed E-state index contributed by atoms with van der Waals surface area (Å²) in [6, 6.07) is 1.66. The summed E-state index contributed by atoms with van der Waals surface area (Å²) in [7, 11) is 1.82. The van der Waals surface area contributed by atoms with Crippen molar-refractivity contribution in [2.45, 2.75) is 19.4 Å². The summed E-state index contributed by atoms with van der Waals surface area (Å²) in [5, 5.41) is 0.398. The molecule has 0 unspecified atom stereocenters. The number of hydrogen-bond donors (Lipinski definition) is 0. The standard InChI is InChI=1S/C15H17ClN4O/c1-19(15(21)12-4-5-17-8-13(12)16)9-11-2-3-14-18-6-7-20(14)10-11/h4-8,11H,2-3,9-10H2,1H3/t11-/m0/s1. The van der Waals surface area contributed by atoms with Gasteiger partial charge in [0.15, 0.2) is 0 Å². The van der Waals surface area contributed by atoms with Crippen LogP contribution in [0.25, 0.3) is 0 Å². The number of rotatable bonds is 3. The Bertz CT molecular complexity index is 655. The molecule has 1 amide bonds. The van der Waals surface area contributed by atoms with Crippen LogP contribution in [-0.4, -0.2) is 38.9 Å². The van der Waals surface area contributed by atoms with E-state index in [0.29, 0.717) is 16.5 Å². The highest BCUT2D eigenvalue weighted by Gasteiger charge is 2.23. The molecule has 0 spiro atoms. The van der Waals surface area contributed by atoms with Gasteiger partial charge in [0.2, 0.25) is 0 Å². The SMILES string of the molecule is CN(C[C@@H]1CCc2nccn2C1)C(=O)c1ccncc1Cl. The lowest BCUT2D eigenvalue weighted by Gasteiger charge is -2.28. The van der Waals surface area contributed by atoms with E-state index in [2.05, 4.69) is 14.5 Å².